The number of rotatable bonds is 4. The summed E-state index contributed by atoms with van der Waals surface area (Å²) >= 11 is 6.23. The zero-order chi connectivity index (χ0) is 19.5. The smallest absolute Gasteiger partial charge is 0.149 e. The number of nitrogen functional groups attached to an aromatic ring is 1. The van der Waals surface area contributed by atoms with E-state index in [-0.39, 0.29) is 11.4 Å². The number of fused-ring (bicyclic) bond motifs is 1. The third-order valence-electron chi connectivity index (χ3n) is 4.26. The van der Waals surface area contributed by atoms with E-state index in [4.69, 9.17) is 17.3 Å². The van der Waals surface area contributed by atoms with Crippen molar-refractivity contribution in [1.29, 1.82) is 5.26 Å². The summed E-state index contributed by atoms with van der Waals surface area (Å²) in [5.41, 5.74) is 9.39. The van der Waals surface area contributed by atoms with E-state index in [0.717, 1.165) is 27.7 Å². The van der Waals surface area contributed by atoms with Crippen molar-refractivity contribution in [2.24, 2.45) is 0 Å². The number of nitrogens with zero attached hydrogens (tertiary/aromatic N) is 5. The second kappa shape index (κ2) is 7.47. The van der Waals surface area contributed by atoms with Gasteiger partial charge in [0.1, 0.15) is 29.6 Å². The first-order valence-corrected chi connectivity index (χ1v) is 8.78. The first-order valence-electron chi connectivity index (χ1n) is 8.40. The van der Waals surface area contributed by atoms with Crippen LogP contribution in [0.4, 0.5) is 11.6 Å². The third-order valence-corrected chi connectivity index (χ3v) is 4.50. The van der Waals surface area contributed by atoms with Crippen molar-refractivity contribution < 1.29 is 0 Å². The van der Waals surface area contributed by atoms with Crippen LogP contribution in [0.2, 0.25) is 5.02 Å². The third kappa shape index (κ3) is 3.29. The molecule has 3 N–H and O–H groups in total. The molecule has 4 aromatic rings. The van der Waals surface area contributed by atoms with Gasteiger partial charge in [-0.2, -0.15) is 5.26 Å². The van der Waals surface area contributed by atoms with E-state index in [1.807, 2.05) is 36.4 Å². The van der Waals surface area contributed by atoms with E-state index < -0.39 is 0 Å². The highest BCUT2D eigenvalue weighted by molar-refractivity contribution is 6.31. The fourth-order valence-electron chi connectivity index (χ4n) is 2.98. The highest BCUT2D eigenvalue weighted by Crippen LogP contribution is 2.32. The number of nitriles is 1. The lowest BCUT2D eigenvalue weighted by molar-refractivity contribution is 1.07. The van der Waals surface area contributed by atoms with E-state index in [9.17, 15) is 5.26 Å². The number of anilines is 2. The van der Waals surface area contributed by atoms with E-state index in [0.29, 0.717) is 17.4 Å². The molecule has 0 aliphatic carbocycles. The van der Waals surface area contributed by atoms with Crippen molar-refractivity contribution in [3.05, 3.63) is 71.3 Å². The molecule has 0 aliphatic heterocycles. The van der Waals surface area contributed by atoms with Crippen molar-refractivity contribution >= 4 is 34.1 Å². The van der Waals surface area contributed by atoms with Crippen molar-refractivity contribution in [2.75, 3.05) is 11.1 Å². The Balaban J connectivity index is 1.82. The van der Waals surface area contributed by atoms with Crippen LogP contribution < -0.4 is 11.1 Å². The SMILES string of the molecule is N#Cc1c(N)ncnc1NCc1cnc2ccc(Cl)cc2c1-c1ccccn1. The summed E-state index contributed by atoms with van der Waals surface area (Å²) < 4.78 is 0. The molecular formula is C20H14ClN7. The Bertz CT molecular complexity index is 1200. The van der Waals surface area contributed by atoms with Gasteiger partial charge in [-0.3, -0.25) is 9.97 Å². The quantitative estimate of drug-likeness (QED) is 0.547. The van der Waals surface area contributed by atoms with Gasteiger partial charge in [-0.05, 0) is 35.9 Å². The van der Waals surface area contributed by atoms with Crippen LogP contribution in [0.25, 0.3) is 22.2 Å². The zero-order valence-corrected chi connectivity index (χ0v) is 15.4. The molecular weight excluding hydrogens is 374 g/mol. The van der Waals surface area contributed by atoms with Crippen LogP contribution >= 0.6 is 11.6 Å². The maximum absolute atomic E-state index is 9.31. The molecule has 0 radical (unpaired) electrons. The maximum atomic E-state index is 9.31. The number of aromatic nitrogens is 4. The highest BCUT2D eigenvalue weighted by atomic mass is 35.5. The first kappa shape index (κ1) is 17.6. The summed E-state index contributed by atoms with van der Waals surface area (Å²) in [6, 6.07) is 13.3. The van der Waals surface area contributed by atoms with Gasteiger partial charge in [0.15, 0.2) is 0 Å². The molecule has 136 valence electrons. The molecule has 0 bridgehead atoms. The molecule has 0 aliphatic rings. The van der Waals surface area contributed by atoms with Gasteiger partial charge >= 0.3 is 0 Å². The van der Waals surface area contributed by atoms with Crippen LogP contribution in [0.15, 0.2) is 55.1 Å². The molecule has 0 fully saturated rings. The summed E-state index contributed by atoms with van der Waals surface area (Å²) in [5.74, 6) is 0.501. The Kier molecular flexibility index (Phi) is 4.70. The standard InChI is InChI=1S/C20H14ClN7/c21-13-4-5-16-14(7-13)18(17-3-1-2-6-24-17)12(9-25-16)10-26-20-15(8-22)19(23)27-11-28-20/h1-7,9,11H,10H2,(H3,23,26,27,28). The molecule has 3 heterocycles. The van der Waals surface area contributed by atoms with E-state index >= 15 is 0 Å². The number of pyridine rings is 2. The van der Waals surface area contributed by atoms with Gasteiger partial charge in [0.2, 0.25) is 0 Å². The summed E-state index contributed by atoms with van der Waals surface area (Å²) in [6.07, 6.45) is 4.84. The molecule has 0 spiro atoms. The highest BCUT2D eigenvalue weighted by Gasteiger charge is 2.14. The minimum absolute atomic E-state index is 0.133. The largest absolute Gasteiger partial charge is 0.382 e. The van der Waals surface area contributed by atoms with E-state index in [1.54, 1.807) is 18.5 Å². The molecule has 0 atom stereocenters. The minimum Gasteiger partial charge on any atom is -0.382 e. The average molecular weight is 388 g/mol. The van der Waals surface area contributed by atoms with Gasteiger partial charge in [0.25, 0.3) is 0 Å². The molecule has 28 heavy (non-hydrogen) atoms. The number of halogens is 1. The predicted octanol–water partition coefficient (Wildman–Crippen LogP) is 3.81. The maximum Gasteiger partial charge on any atom is 0.149 e. The van der Waals surface area contributed by atoms with Gasteiger partial charge < -0.3 is 11.1 Å². The zero-order valence-electron chi connectivity index (χ0n) is 14.6. The lowest BCUT2D eigenvalue weighted by atomic mass is 10.00. The number of hydrogen-bond acceptors (Lipinski definition) is 7. The summed E-state index contributed by atoms with van der Waals surface area (Å²) in [5, 5.41) is 14.0. The summed E-state index contributed by atoms with van der Waals surface area (Å²) in [6.45, 7) is 0.368. The van der Waals surface area contributed by atoms with E-state index in [2.05, 4.69) is 25.3 Å². The van der Waals surface area contributed by atoms with Crippen molar-refractivity contribution in [1.82, 2.24) is 19.9 Å². The van der Waals surface area contributed by atoms with Crippen LogP contribution in [0.1, 0.15) is 11.1 Å². The number of benzene rings is 1. The normalized spacial score (nSPS) is 10.6. The lowest BCUT2D eigenvalue weighted by Gasteiger charge is -2.14. The molecule has 7 nitrogen and oxygen atoms in total. The topological polar surface area (TPSA) is 113 Å². The number of hydrogen-bond donors (Lipinski definition) is 2. The van der Waals surface area contributed by atoms with Crippen LogP contribution in [0.3, 0.4) is 0 Å². The average Bonchev–Trinajstić information content (AvgIpc) is 2.72. The first-order chi connectivity index (χ1) is 13.7. The summed E-state index contributed by atoms with van der Waals surface area (Å²) in [4.78, 5) is 17.0. The van der Waals surface area contributed by atoms with Gasteiger partial charge in [-0.15, -0.1) is 0 Å². The number of nitrogens with one attached hydrogen (secondary N) is 1. The predicted molar refractivity (Wildman–Crippen MR) is 108 cm³/mol. The number of nitrogens with two attached hydrogens (primary N) is 1. The lowest BCUT2D eigenvalue weighted by Crippen LogP contribution is -2.08. The van der Waals surface area contributed by atoms with Crippen LogP contribution in [0, 0.1) is 11.3 Å². The summed E-state index contributed by atoms with van der Waals surface area (Å²) in [7, 11) is 0. The Hall–Kier alpha value is -3.76. The van der Waals surface area contributed by atoms with Gasteiger partial charge in [-0.1, -0.05) is 17.7 Å². The molecule has 4 rings (SSSR count). The molecule has 8 heteroatoms. The van der Waals surface area contributed by atoms with Crippen molar-refractivity contribution in [3.8, 4) is 17.3 Å². The molecule has 1 aromatic carbocycles. The van der Waals surface area contributed by atoms with Crippen molar-refractivity contribution in [2.45, 2.75) is 6.54 Å². The Morgan fingerprint density at radius 2 is 2.00 bits per heavy atom. The van der Waals surface area contributed by atoms with Crippen molar-refractivity contribution in [3.63, 3.8) is 0 Å². The molecule has 3 aromatic heterocycles. The van der Waals surface area contributed by atoms with Gasteiger partial charge in [0, 0.05) is 34.9 Å². The van der Waals surface area contributed by atoms with Crippen LogP contribution in [0.5, 0.6) is 0 Å². The van der Waals surface area contributed by atoms with Gasteiger partial charge in [-0.25, -0.2) is 9.97 Å². The van der Waals surface area contributed by atoms with Gasteiger partial charge in [0.05, 0.1) is 11.2 Å². The molecule has 0 amide bonds. The van der Waals surface area contributed by atoms with Crippen LogP contribution in [-0.2, 0) is 6.54 Å². The molecule has 0 saturated carbocycles. The molecule has 0 saturated heterocycles. The monoisotopic (exact) mass is 387 g/mol. The Labute approximate surface area is 165 Å². The second-order valence-electron chi connectivity index (χ2n) is 5.98. The second-order valence-corrected chi connectivity index (χ2v) is 6.42. The fraction of sp³-hybridized carbons (Fsp3) is 0.0500. The van der Waals surface area contributed by atoms with Crippen LogP contribution in [-0.4, -0.2) is 19.9 Å². The Morgan fingerprint density at radius 3 is 2.79 bits per heavy atom. The fourth-order valence-corrected chi connectivity index (χ4v) is 3.15. The Morgan fingerprint density at radius 1 is 1.11 bits per heavy atom. The molecule has 0 unspecified atom stereocenters. The minimum atomic E-state index is 0.133. The van der Waals surface area contributed by atoms with E-state index in [1.165, 1.54) is 6.33 Å².